The Morgan fingerprint density at radius 1 is 0.792 bits per heavy atom. The van der Waals surface area contributed by atoms with Gasteiger partial charge in [-0.05, 0) is 81.3 Å². The van der Waals surface area contributed by atoms with Gasteiger partial charge < -0.3 is 58.5 Å². The van der Waals surface area contributed by atoms with Gasteiger partial charge in [-0.1, -0.05) is 99.3 Å². The number of unbranched alkanes of at least 4 members (excludes halogenated alkanes) is 9. The first-order valence-electron chi connectivity index (χ1n) is 26.6. The monoisotopic (exact) mass is 1060 g/mol. The number of carbonyl (C=O) groups excluding carboxylic acids is 3. The van der Waals surface area contributed by atoms with Crippen LogP contribution < -0.4 is 0 Å². The molecule has 3 aliphatic rings. The molecule has 0 saturated carbocycles. The Hall–Kier alpha value is -1.92. The van der Waals surface area contributed by atoms with Crippen LogP contribution >= 0.6 is 0 Å². The fourth-order valence-corrected chi connectivity index (χ4v) is 10.8. The number of hydrogen-bond donors (Lipinski definition) is 5. The Balaban J connectivity index is 0.000000887. The molecule has 3 rings (SSSR count). The van der Waals surface area contributed by atoms with Crippen molar-refractivity contribution in [3.8, 4) is 0 Å². The zero-order valence-electron chi connectivity index (χ0n) is 46.4. The standard InChI is InChI=1S/C40H71NO14.C12H26O4S/c1-15-27-40(11,48)33(44)22(5)30(43)20(3)18-38(9,47)35(55-37-32(53-28(42)16-2)26(41(12)13)17-21(4)50-37)23(6)31(24(7)36(46)52-27)54-29-19-39(10,49-14)34(45)25(8)51-29;1-2-3-4-5-6-7-8-9-10-11-12-16-17(13,14)15/h20-27,29,31-35,37,44-45,47-48H,15-19H2,1-14H3;2-12H2,1H3,(H,13,14,15)/t20-,21-,22+,23+,24-,25+,26+,27?,29+,31+,32-,33-,34+,35-,37+,38-,39-,40-;/m1./s1. The molecule has 3 fully saturated rings. The summed E-state index contributed by atoms with van der Waals surface area (Å²) in [5.41, 5.74) is -4.92. The molecule has 1 unspecified atom stereocenters. The predicted octanol–water partition coefficient (Wildman–Crippen LogP) is 6.47. The van der Waals surface area contributed by atoms with Gasteiger partial charge in [-0.25, -0.2) is 4.18 Å². The number of ether oxygens (including phenoxy) is 7. The molecule has 0 aromatic carbocycles. The van der Waals surface area contributed by atoms with E-state index in [2.05, 4.69) is 11.1 Å². The Morgan fingerprint density at radius 2 is 1.36 bits per heavy atom. The van der Waals surface area contributed by atoms with Crippen molar-refractivity contribution in [1.29, 1.82) is 0 Å². The van der Waals surface area contributed by atoms with Crippen molar-refractivity contribution in [3.05, 3.63) is 0 Å². The average molecular weight is 1060 g/mol. The zero-order chi connectivity index (χ0) is 54.9. The van der Waals surface area contributed by atoms with E-state index >= 15 is 0 Å². The Morgan fingerprint density at radius 3 is 1.88 bits per heavy atom. The van der Waals surface area contributed by atoms with Gasteiger partial charge in [-0.2, -0.15) is 8.42 Å². The number of likely N-dealkylation sites (N-methyl/N-ethyl adjacent to an activating group) is 1. The number of cyclic esters (lactones) is 1. The molecule has 19 nitrogen and oxygen atoms in total. The fourth-order valence-electron chi connectivity index (χ4n) is 10.5. The van der Waals surface area contributed by atoms with Crippen LogP contribution in [0.15, 0.2) is 0 Å². The van der Waals surface area contributed by atoms with E-state index in [9.17, 15) is 43.2 Å². The number of aliphatic hydroxyl groups is 4. The summed E-state index contributed by atoms with van der Waals surface area (Å²) in [7, 11) is 0.973. The molecule has 0 radical (unpaired) electrons. The van der Waals surface area contributed by atoms with Gasteiger partial charge in [0.2, 0.25) is 0 Å². The van der Waals surface area contributed by atoms with Crippen LogP contribution in [0.3, 0.4) is 0 Å². The van der Waals surface area contributed by atoms with E-state index in [1.54, 1.807) is 48.5 Å². The van der Waals surface area contributed by atoms with Gasteiger partial charge in [0.15, 0.2) is 18.7 Å². The molecular weight excluding hydrogens is 959 g/mol. The summed E-state index contributed by atoms with van der Waals surface area (Å²) in [5, 5.41) is 46.6. The maximum Gasteiger partial charge on any atom is 0.397 e. The minimum atomic E-state index is -4.23. The fraction of sp³-hybridized carbons (Fsp3) is 0.942. The molecule has 0 aliphatic carbocycles. The average Bonchev–Trinajstić information content (AvgIpc) is 3.30. The van der Waals surface area contributed by atoms with Crippen LogP contribution in [-0.4, -0.2) is 168 Å². The number of ketones is 1. The summed E-state index contributed by atoms with van der Waals surface area (Å²) >= 11 is 0. The lowest BCUT2D eigenvalue weighted by Gasteiger charge is -2.49. The van der Waals surface area contributed by atoms with Crippen LogP contribution in [0.2, 0.25) is 0 Å². The summed E-state index contributed by atoms with van der Waals surface area (Å²) in [4.78, 5) is 42.9. The number of methoxy groups -OCH3 is 1. The second-order valence-electron chi connectivity index (χ2n) is 21.7. The Labute approximate surface area is 432 Å². The van der Waals surface area contributed by atoms with Crippen molar-refractivity contribution in [1.82, 2.24) is 4.90 Å². The van der Waals surface area contributed by atoms with Crippen LogP contribution in [0.1, 0.15) is 179 Å². The smallest absolute Gasteiger partial charge is 0.397 e. The molecule has 3 saturated heterocycles. The summed E-state index contributed by atoms with van der Waals surface area (Å²) in [5.74, 6) is -5.59. The maximum atomic E-state index is 14.2. The minimum Gasteiger partial charge on any atom is -0.459 e. The second kappa shape index (κ2) is 30.1. The number of esters is 2. The van der Waals surface area contributed by atoms with Gasteiger partial charge in [-0.15, -0.1) is 0 Å². The van der Waals surface area contributed by atoms with Gasteiger partial charge in [0.05, 0.1) is 60.3 Å². The lowest BCUT2D eigenvalue weighted by Crippen LogP contribution is -2.61. The highest BCUT2D eigenvalue weighted by Crippen LogP contribution is 2.41. The SMILES string of the molecule is CCC(=O)O[C@H]1[C@H](O[C@@H]2[C@@H](C)[C@H](O[C@H]3C[C@@](C)(OC)[C@@H](O)[C@H](C)O3)[C@@H](C)C(=O)OC(CC)[C@@](C)(O)[C@H](O)[C@@H](C)C(=O)[C@H](C)C[C@@]2(C)O)O[C@H](C)C[C@@H]1N(C)C.CCCCCCCCCCCCOS(=O)(=O)O. The molecular formula is C52H97NO18S. The van der Waals surface area contributed by atoms with E-state index in [0.29, 0.717) is 12.8 Å². The van der Waals surface area contributed by atoms with E-state index in [1.807, 2.05) is 25.9 Å². The molecule has 0 amide bonds. The van der Waals surface area contributed by atoms with Gasteiger partial charge in [0.25, 0.3) is 0 Å². The molecule has 5 N–H and O–H groups in total. The molecule has 424 valence electrons. The molecule has 0 spiro atoms. The first kappa shape index (κ1) is 66.2. The molecule has 0 aromatic rings. The molecule has 3 heterocycles. The highest BCUT2D eigenvalue weighted by molar-refractivity contribution is 7.80. The van der Waals surface area contributed by atoms with Crippen LogP contribution in [0.5, 0.6) is 0 Å². The second-order valence-corrected chi connectivity index (χ2v) is 22.8. The quantitative estimate of drug-likeness (QED) is 0.0468. The number of hydrogen-bond acceptors (Lipinski definition) is 18. The summed E-state index contributed by atoms with van der Waals surface area (Å²) in [6, 6.07) is -0.319. The summed E-state index contributed by atoms with van der Waals surface area (Å²) < 4.78 is 76.6. The maximum absolute atomic E-state index is 14.2. The van der Waals surface area contributed by atoms with Crippen molar-refractivity contribution in [2.45, 2.75) is 264 Å². The third kappa shape index (κ3) is 19.6. The molecule has 18 atom stereocenters. The number of aliphatic hydroxyl groups excluding tert-OH is 2. The Bertz CT molecular complexity index is 1730. The third-order valence-corrected chi connectivity index (χ3v) is 15.5. The number of Topliss-reactive ketones (excluding diaryl/α,β-unsaturated/α-hetero) is 1. The lowest BCUT2D eigenvalue weighted by molar-refractivity contribution is -0.319. The molecule has 20 heteroatoms. The first-order valence-corrected chi connectivity index (χ1v) is 28.0. The van der Waals surface area contributed by atoms with Crippen LogP contribution in [-0.2, 0) is 62.1 Å². The Kier molecular flexibility index (Phi) is 27.7. The summed E-state index contributed by atoms with van der Waals surface area (Å²) in [6.07, 6.45) is 2.17. The van der Waals surface area contributed by atoms with Crippen LogP contribution in [0.25, 0.3) is 0 Å². The van der Waals surface area contributed by atoms with E-state index < -0.39 is 124 Å². The van der Waals surface area contributed by atoms with Crippen molar-refractivity contribution in [3.63, 3.8) is 0 Å². The number of rotatable bonds is 21. The van der Waals surface area contributed by atoms with Crippen molar-refractivity contribution >= 4 is 28.1 Å². The highest BCUT2D eigenvalue weighted by Gasteiger charge is 2.54. The van der Waals surface area contributed by atoms with Crippen LogP contribution in [0.4, 0.5) is 0 Å². The van der Waals surface area contributed by atoms with E-state index in [4.69, 9.17) is 37.7 Å². The molecule has 0 aromatic heterocycles. The molecule has 0 bridgehead atoms. The largest absolute Gasteiger partial charge is 0.459 e. The van der Waals surface area contributed by atoms with Gasteiger partial charge in [-0.3, -0.25) is 18.9 Å². The van der Waals surface area contributed by atoms with E-state index in [0.717, 1.165) is 12.8 Å². The minimum absolute atomic E-state index is 0.0760. The van der Waals surface area contributed by atoms with Gasteiger partial charge in [0.1, 0.15) is 23.6 Å². The first-order chi connectivity index (χ1) is 33.4. The molecule has 72 heavy (non-hydrogen) atoms. The number of nitrogens with zero attached hydrogens (tertiary/aromatic N) is 1. The lowest BCUT2D eigenvalue weighted by atomic mass is 9.74. The third-order valence-electron chi connectivity index (χ3n) is 15.1. The van der Waals surface area contributed by atoms with Crippen LogP contribution in [0, 0.1) is 23.7 Å². The molecule has 3 aliphatic heterocycles. The topological polar surface area (TPSA) is 264 Å². The normalized spacial score (nSPS) is 38.6. The van der Waals surface area contributed by atoms with E-state index in [-0.39, 0.29) is 44.4 Å². The number of carbonyl (C=O) groups is 3. The van der Waals surface area contributed by atoms with Crippen molar-refractivity contribution < 1.29 is 85.1 Å². The zero-order valence-corrected chi connectivity index (χ0v) is 47.2. The van der Waals surface area contributed by atoms with E-state index in [1.165, 1.54) is 72.8 Å². The highest BCUT2D eigenvalue weighted by atomic mass is 32.3. The predicted molar refractivity (Wildman–Crippen MR) is 270 cm³/mol. The summed E-state index contributed by atoms with van der Waals surface area (Å²) in [6.45, 7) is 20.3. The van der Waals surface area contributed by atoms with Crippen molar-refractivity contribution in [2.24, 2.45) is 23.7 Å². The van der Waals surface area contributed by atoms with Gasteiger partial charge in [0, 0.05) is 37.7 Å². The van der Waals surface area contributed by atoms with Gasteiger partial charge >= 0.3 is 22.3 Å². The van der Waals surface area contributed by atoms with Crippen molar-refractivity contribution in [2.75, 3.05) is 27.8 Å².